The highest BCUT2D eigenvalue weighted by Gasteiger charge is 2.23. The highest BCUT2D eigenvalue weighted by molar-refractivity contribution is 8.00. The Labute approximate surface area is 107 Å². The minimum Gasteiger partial charge on any atom is -0.357 e. The maximum Gasteiger partial charge on any atom is 0.224 e. The van der Waals surface area contributed by atoms with Gasteiger partial charge in [0.25, 0.3) is 0 Å². The lowest BCUT2D eigenvalue weighted by Crippen LogP contribution is -2.41. The Bertz CT molecular complexity index is 386. The number of thioether (sulfide) groups is 1. The second-order valence-electron chi connectivity index (χ2n) is 4.60. The first-order chi connectivity index (χ1) is 8.08. The van der Waals surface area contributed by atoms with Crippen LogP contribution in [0.15, 0.2) is 6.07 Å². The van der Waals surface area contributed by atoms with Crippen molar-refractivity contribution >= 4 is 23.5 Å². The molecular weight excluding hydrogens is 232 g/mol. The average molecular weight is 252 g/mol. The van der Waals surface area contributed by atoms with Crippen molar-refractivity contribution in [2.45, 2.75) is 31.3 Å². The molecule has 0 amide bonds. The number of rotatable bonds is 2. The monoisotopic (exact) mass is 252 g/mol. The zero-order valence-corrected chi connectivity index (χ0v) is 11.7. The van der Waals surface area contributed by atoms with E-state index in [1.165, 1.54) is 0 Å². The fraction of sp³-hybridized carbons (Fsp3) is 0.667. The molecule has 2 unspecified atom stereocenters. The summed E-state index contributed by atoms with van der Waals surface area (Å²) < 4.78 is 0. The van der Waals surface area contributed by atoms with Crippen molar-refractivity contribution in [3.8, 4) is 0 Å². The molecule has 2 heterocycles. The van der Waals surface area contributed by atoms with Crippen LogP contribution in [0.3, 0.4) is 0 Å². The Balaban J connectivity index is 2.23. The smallest absolute Gasteiger partial charge is 0.224 e. The summed E-state index contributed by atoms with van der Waals surface area (Å²) in [5, 5.41) is 4.33. The third-order valence-electron chi connectivity index (χ3n) is 2.81. The van der Waals surface area contributed by atoms with E-state index in [0.29, 0.717) is 16.4 Å². The van der Waals surface area contributed by atoms with Gasteiger partial charge in [0.1, 0.15) is 5.82 Å². The molecule has 4 nitrogen and oxygen atoms in total. The predicted octanol–water partition coefficient (Wildman–Crippen LogP) is 2.16. The van der Waals surface area contributed by atoms with Crippen molar-refractivity contribution in [3.63, 3.8) is 0 Å². The van der Waals surface area contributed by atoms with Gasteiger partial charge in [-0.2, -0.15) is 16.7 Å². The molecule has 2 rings (SSSR count). The van der Waals surface area contributed by atoms with Gasteiger partial charge < -0.3 is 10.2 Å². The van der Waals surface area contributed by atoms with Gasteiger partial charge in [0.15, 0.2) is 0 Å². The highest BCUT2D eigenvalue weighted by atomic mass is 32.2. The van der Waals surface area contributed by atoms with Crippen molar-refractivity contribution in [2.75, 3.05) is 30.4 Å². The number of hydrogen-bond acceptors (Lipinski definition) is 5. The fourth-order valence-corrected chi connectivity index (χ4v) is 3.52. The van der Waals surface area contributed by atoms with Crippen molar-refractivity contribution < 1.29 is 0 Å². The van der Waals surface area contributed by atoms with Gasteiger partial charge in [-0.3, -0.25) is 0 Å². The van der Waals surface area contributed by atoms with Crippen LogP contribution in [0.5, 0.6) is 0 Å². The lowest BCUT2D eigenvalue weighted by Gasteiger charge is -2.35. The molecule has 1 aromatic heterocycles. The normalized spacial score (nSPS) is 24.8. The Kier molecular flexibility index (Phi) is 3.76. The summed E-state index contributed by atoms with van der Waals surface area (Å²) in [4.78, 5) is 11.2. The zero-order chi connectivity index (χ0) is 12.4. The molecule has 0 bridgehead atoms. The Morgan fingerprint density at radius 1 is 1.29 bits per heavy atom. The minimum atomic E-state index is 0.659. The molecule has 94 valence electrons. The lowest BCUT2D eigenvalue weighted by molar-refractivity contribution is 0.717. The standard InChI is InChI=1S/C12H20N4S/c1-8-5-11(15-12(13-4)14-8)16-6-9(2)17-10(3)7-16/h5,9-10H,6-7H2,1-4H3,(H,13,14,15). The predicted molar refractivity (Wildman–Crippen MR) is 75.0 cm³/mol. The molecular formula is C12H20N4S. The summed E-state index contributed by atoms with van der Waals surface area (Å²) in [6.45, 7) is 8.70. The summed E-state index contributed by atoms with van der Waals surface area (Å²) >= 11 is 2.05. The van der Waals surface area contributed by atoms with E-state index in [2.05, 4.69) is 51.9 Å². The van der Waals surface area contributed by atoms with Gasteiger partial charge in [-0.15, -0.1) is 0 Å². The van der Waals surface area contributed by atoms with E-state index in [1.807, 2.05) is 14.0 Å². The Hall–Kier alpha value is -0.970. The molecule has 1 N–H and O–H groups in total. The average Bonchev–Trinajstić information content (AvgIpc) is 2.26. The maximum atomic E-state index is 4.54. The molecule has 0 spiro atoms. The summed E-state index contributed by atoms with van der Waals surface area (Å²) in [7, 11) is 1.86. The van der Waals surface area contributed by atoms with Crippen LogP contribution in [0, 0.1) is 6.92 Å². The van der Waals surface area contributed by atoms with Crippen molar-refractivity contribution in [3.05, 3.63) is 11.8 Å². The molecule has 1 saturated heterocycles. The van der Waals surface area contributed by atoms with Crippen molar-refractivity contribution in [2.24, 2.45) is 0 Å². The molecule has 2 atom stereocenters. The van der Waals surface area contributed by atoms with Gasteiger partial charge in [0.2, 0.25) is 5.95 Å². The maximum absolute atomic E-state index is 4.54. The van der Waals surface area contributed by atoms with Gasteiger partial charge in [-0.1, -0.05) is 13.8 Å². The van der Waals surface area contributed by atoms with Crippen LogP contribution < -0.4 is 10.2 Å². The van der Waals surface area contributed by atoms with Crippen molar-refractivity contribution in [1.82, 2.24) is 9.97 Å². The minimum absolute atomic E-state index is 0.659. The van der Waals surface area contributed by atoms with Crippen LogP contribution >= 0.6 is 11.8 Å². The molecule has 1 fully saturated rings. The van der Waals surface area contributed by atoms with Crippen LogP contribution in [-0.2, 0) is 0 Å². The summed E-state index contributed by atoms with van der Waals surface area (Å²) in [5.41, 5.74) is 1.01. The fourth-order valence-electron chi connectivity index (χ4n) is 2.19. The SMILES string of the molecule is CNc1nc(C)cc(N2CC(C)SC(C)C2)n1. The van der Waals surface area contributed by atoms with Crippen LogP contribution in [0.25, 0.3) is 0 Å². The van der Waals surface area contributed by atoms with E-state index in [4.69, 9.17) is 0 Å². The number of nitrogens with one attached hydrogen (secondary N) is 1. The first-order valence-electron chi connectivity index (χ1n) is 6.02. The van der Waals surface area contributed by atoms with E-state index in [1.54, 1.807) is 0 Å². The third kappa shape index (κ3) is 3.03. The largest absolute Gasteiger partial charge is 0.357 e. The topological polar surface area (TPSA) is 41.1 Å². The van der Waals surface area contributed by atoms with E-state index in [9.17, 15) is 0 Å². The summed E-state index contributed by atoms with van der Waals surface area (Å²) in [6, 6.07) is 2.07. The second kappa shape index (κ2) is 5.12. The number of aryl methyl sites for hydroxylation is 1. The number of nitrogens with zero attached hydrogens (tertiary/aromatic N) is 3. The number of anilines is 2. The first kappa shape index (κ1) is 12.5. The van der Waals surface area contributed by atoms with Crippen molar-refractivity contribution in [1.29, 1.82) is 0 Å². The molecule has 0 saturated carbocycles. The molecule has 1 aromatic rings. The van der Waals surface area contributed by atoms with Gasteiger partial charge in [-0.05, 0) is 6.92 Å². The second-order valence-corrected chi connectivity index (χ2v) is 6.49. The van der Waals surface area contributed by atoms with E-state index >= 15 is 0 Å². The summed E-state index contributed by atoms with van der Waals surface area (Å²) in [5.74, 6) is 1.75. The van der Waals surface area contributed by atoms with Gasteiger partial charge in [-0.25, -0.2) is 4.98 Å². The molecule has 0 aliphatic carbocycles. The van der Waals surface area contributed by atoms with Gasteiger partial charge >= 0.3 is 0 Å². The van der Waals surface area contributed by atoms with Gasteiger partial charge in [0, 0.05) is 42.4 Å². The third-order valence-corrected chi connectivity index (χ3v) is 4.04. The molecule has 17 heavy (non-hydrogen) atoms. The van der Waals surface area contributed by atoms with Crippen LogP contribution in [0.4, 0.5) is 11.8 Å². The van der Waals surface area contributed by atoms with Crippen LogP contribution in [-0.4, -0.2) is 40.6 Å². The van der Waals surface area contributed by atoms with E-state index in [-0.39, 0.29) is 0 Å². The summed E-state index contributed by atoms with van der Waals surface area (Å²) in [6.07, 6.45) is 0. The van der Waals surface area contributed by atoms with Gasteiger partial charge in [0.05, 0.1) is 0 Å². The first-order valence-corrected chi connectivity index (χ1v) is 6.96. The number of aromatic nitrogens is 2. The Morgan fingerprint density at radius 2 is 1.94 bits per heavy atom. The quantitative estimate of drug-likeness (QED) is 0.873. The Morgan fingerprint density at radius 3 is 2.53 bits per heavy atom. The van der Waals surface area contributed by atoms with E-state index < -0.39 is 0 Å². The van der Waals surface area contributed by atoms with Crippen LogP contribution in [0.1, 0.15) is 19.5 Å². The highest BCUT2D eigenvalue weighted by Crippen LogP contribution is 2.28. The molecule has 5 heteroatoms. The molecule has 1 aliphatic rings. The zero-order valence-electron chi connectivity index (χ0n) is 10.9. The molecule has 1 aliphatic heterocycles. The molecule has 0 radical (unpaired) electrons. The van der Waals surface area contributed by atoms with E-state index in [0.717, 1.165) is 24.6 Å². The lowest BCUT2D eigenvalue weighted by atomic mass is 10.3. The molecule has 0 aromatic carbocycles. The van der Waals surface area contributed by atoms with Crippen LogP contribution in [0.2, 0.25) is 0 Å². The number of hydrogen-bond donors (Lipinski definition) is 1.